The van der Waals surface area contributed by atoms with E-state index in [1.54, 1.807) is 55.7 Å². The second-order valence-electron chi connectivity index (χ2n) is 4.98. The van der Waals surface area contributed by atoms with Gasteiger partial charge in [0, 0.05) is 29.2 Å². The number of amides is 1. The highest BCUT2D eigenvalue weighted by Gasteiger charge is 2.44. The van der Waals surface area contributed by atoms with Gasteiger partial charge in [-0.15, -0.1) is 0 Å². The number of aliphatic hydroxyl groups is 1. The van der Waals surface area contributed by atoms with Gasteiger partial charge in [0.05, 0.1) is 6.54 Å². The summed E-state index contributed by atoms with van der Waals surface area (Å²) in [5.41, 5.74) is 1.76. The number of nitrogens with zero attached hydrogens (tertiary/aromatic N) is 3. The molecule has 0 bridgehead atoms. The number of aliphatic imine (C=N–C) groups is 1. The molecule has 1 unspecified atom stereocenters. The van der Waals surface area contributed by atoms with E-state index in [4.69, 9.17) is 0 Å². The van der Waals surface area contributed by atoms with Gasteiger partial charge in [0.1, 0.15) is 0 Å². The molecule has 0 aliphatic carbocycles. The summed E-state index contributed by atoms with van der Waals surface area (Å²) < 4.78 is 0. The van der Waals surface area contributed by atoms with E-state index in [1.807, 2.05) is 6.07 Å². The summed E-state index contributed by atoms with van der Waals surface area (Å²) in [4.78, 5) is 22.2. The Hall–Kier alpha value is -2.53. The highest BCUT2D eigenvalue weighted by molar-refractivity contribution is 5.99. The maximum Gasteiger partial charge on any atom is 0.267 e. The van der Waals surface area contributed by atoms with Gasteiger partial charge in [-0.1, -0.05) is 18.2 Å². The molecule has 21 heavy (non-hydrogen) atoms. The van der Waals surface area contributed by atoms with Crippen molar-refractivity contribution in [2.24, 2.45) is 4.99 Å². The van der Waals surface area contributed by atoms with Crippen LogP contribution < -0.4 is 0 Å². The number of rotatable bonds is 2. The van der Waals surface area contributed by atoms with Crippen molar-refractivity contribution >= 4 is 11.6 Å². The number of benzene rings is 1. The molecule has 1 aliphatic heterocycles. The average molecular weight is 281 g/mol. The molecule has 1 N–H and O–H groups in total. The third-order valence-electron chi connectivity index (χ3n) is 3.44. The van der Waals surface area contributed by atoms with E-state index in [2.05, 4.69) is 9.98 Å². The van der Waals surface area contributed by atoms with Crippen molar-refractivity contribution in [3.63, 3.8) is 0 Å². The molecule has 1 amide bonds. The van der Waals surface area contributed by atoms with Crippen molar-refractivity contribution in [3.8, 4) is 0 Å². The van der Waals surface area contributed by atoms with Crippen molar-refractivity contribution in [3.05, 3.63) is 66.0 Å². The molecule has 0 radical (unpaired) electrons. The Kier molecular flexibility index (Phi) is 3.27. The number of hydrogen-bond acceptors (Lipinski definition) is 4. The molecule has 2 aromatic rings. The minimum atomic E-state index is -1.67. The molecule has 0 fully saturated rings. The Balaban J connectivity index is 2.01. The molecular weight excluding hydrogens is 266 g/mol. The summed E-state index contributed by atoms with van der Waals surface area (Å²) in [6.45, 7) is 2.09. The van der Waals surface area contributed by atoms with Gasteiger partial charge < -0.3 is 5.11 Å². The van der Waals surface area contributed by atoms with Gasteiger partial charge in [0.15, 0.2) is 0 Å². The summed E-state index contributed by atoms with van der Waals surface area (Å²) in [5, 5.41) is 10.9. The van der Waals surface area contributed by atoms with Gasteiger partial charge in [-0.3, -0.25) is 14.7 Å². The second kappa shape index (κ2) is 5.10. The van der Waals surface area contributed by atoms with E-state index in [0.717, 1.165) is 0 Å². The third-order valence-corrected chi connectivity index (χ3v) is 3.44. The number of carbonyl (C=O) groups is 1. The van der Waals surface area contributed by atoms with Gasteiger partial charge in [-0.05, 0) is 31.2 Å². The zero-order valence-electron chi connectivity index (χ0n) is 11.6. The topological polar surface area (TPSA) is 65.8 Å². The number of aromatic nitrogens is 1. The van der Waals surface area contributed by atoms with Crippen molar-refractivity contribution in [2.75, 3.05) is 6.54 Å². The first-order valence-electron chi connectivity index (χ1n) is 6.66. The van der Waals surface area contributed by atoms with E-state index in [1.165, 1.54) is 4.90 Å². The van der Waals surface area contributed by atoms with Gasteiger partial charge in [0.25, 0.3) is 11.8 Å². The Morgan fingerprint density at radius 2 is 1.86 bits per heavy atom. The lowest BCUT2D eigenvalue weighted by Gasteiger charge is -2.31. The number of pyridine rings is 1. The molecule has 5 heteroatoms. The van der Waals surface area contributed by atoms with Crippen LogP contribution in [0.1, 0.15) is 22.8 Å². The van der Waals surface area contributed by atoms with Crippen LogP contribution in [-0.2, 0) is 5.85 Å². The zero-order chi connectivity index (χ0) is 14.9. The van der Waals surface area contributed by atoms with Gasteiger partial charge >= 0.3 is 0 Å². The summed E-state index contributed by atoms with van der Waals surface area (Å²) in [6.07, 6.45) is 3.14. The van der Waals surface area contributed by atoms with Crippen LogP contribution in [0.2, 0.25) is 0 Å². The summed E-state index contributed by atoms with van der Waals surface area (Å²) >= 11 is 0. The molecule has 5 nitrogen and oxygen atoms in total. The van der Waals surface area contributed by atoms with Crippen molar-refractivity contribution < 1.29 is 9.90 Å². The average Bonchev–Trinajstić information content (AvgIpc) is 2.84. The predicted octanol–water partition coefficient (Wildman–Crippen LogP) is 1.80. The first-order valence-corrected chi connectivity index (χ1v) is 6.66. The number of hydrogen-bond donors (Lipinski definition) is 1. The van der Waals surface area contributed by atoms with Crippen LogP contribution in [0.3, 0.4) is 0 Å². The van der Waals surface area contributed by atoms with Crippen LogP contribution in [0.5, 0.6) is 0 Å². The quantitative estimate of drug-likeness (QED) is 0.912. The van der Waals surface area contributed by atoms with Crippen LogP contribution in [-0.4, -0.2) is 33.2 Å². The summed E-state index contributed by atoms with van der Waals surface area (Å²) in [5.74, 6) is -1.92. The highest BCUT2D eigenvalue weighted by atomic mass is 16.3. The molecular formula is C16H15N3O2. The van der Waals surface area contributed by atoms with E-state index < -0.39 is 5.85 Å². The standard InChI is InChI=1S/C16H15N3O2/c1-12-11-19(15(20)13-5-3-2-4-6-13)16(21,18-12)14-7-9-17-10-8-14/h2-10,21H,11H2,1H3. The van der Waals surface area contributed by atoms with Crippen LogP contribution >= 0.6 is 0 Å². The predicted molar refractivity (Wildman–Crippen MR) is 78.7 cm³/mol. The molecule has 1 aliphatic rings. The lowest BCUT2D eigenvalue weighted by atomic mass is 10.1. The van der Waals surface area contributed by atoms with Crippen LogP contribution in [0, 0.1) is 0 Å². The normalized spacial score (nSPS) is 21.2. The van der Waals surface area contributed by atoms with Crippen molar-refractivity contribution in [1.82, 2.24) is 9.88 Å². The largest absolute Gasteiger partial charge is 0.349 e. The van der Waals surface area contributed by atoms with Crippen LogP contribution in [0.25, 0.3) is 0 Å². The Morgan fingerprint density at radius 3 is 2.52 bits per heavy atom. The van der Waals surface area contributed by atoms with Crippen molar-refractivity contribution in [2.45, 2.75) is 12.8 Å². The summed E-state index contributed by atoms with van der Waals surface area (Å²) in [6, 6.07) is 12.2. The molecule has 0 saturated carbocycles. The molecule has 1 aromatic heterocycles. The lowest BCUT2D eigenvalue weighted by molar-refractivity contribution is -0.0698. The molecule has 1 aromatic carbocycles. The maximum absolute atomic E-state index is 12.7. The third kappa shape index (κ3) is 2.32. The van der Waals surface area contributed by atoms with E-state index >= 15 is 0 Å². The van der Waals surface area contributed by atoms with E-state index in [-0.39, 0.29) is 5.91 Å². The monoisotopic (exact) mass is 281 g/mol. The van der Waals surface area contributed by atoms with Gasteiger partial charge in [0.2, 0.25) is 0 Å². The fourth-order valence-corrected chi connectivity index (χ4v) is 2.45. The fraction of sp³-hybridized carbons (Fsp3) is 0.188. The Morgan fingerprint density at radius 1 is 1.19 bits per heavy atom. The van der Waals surface area contributed by atoms with E-state index in [9.17, 15) is 9.90 Å². The minimum absolute atomic E-state index is 0.254. The Labute approximate surface area is 122 Å². The Bertz CT molecular complexity index is 685. The molecule has 0 spiro atoms. The van der Waals surface area contributed by atoms with E-state index in [0.29, 0.717) is 23.4 Å². The van der Waals surface area contributed by atoms with Gasteiger partial charge in [-0.2, -0.15) is 0 Å². The highest BCUT2D eigenvalue weighted by Crippen LogP contribution is 2.32. The van der Waals surface area contributed by atoms with Crippen LogP contribution in [0.4, 0.5) is 0 Å². The van der Waals surface area contributed by atoms with Crippen molar-refractivity contribution in [1.29, 1.82) is 0 Å². The SMILES string of the molecule is CC1=NC(O)(c2ccncc2)N(C(=O)c2ccccc2)C1. The van der Waals surface area contributed by atoms with Gasteiger partial charge in [-0.25, -0.2) is 4.99 Å². The smallest absolute Gasteiger partial charge is 0.267 e. The number of carbonyl (C=O) groups excluding carboxylic acids is 1. The molecule has 3 rings (SSSR count). The second-order valence-corrected chi connectivity index (χ2v) is 4.98. The van der Waals surface area contributed by atoms with Crippen LogP contribution in [0.15, 0.2) is 59.9 Å². The maximum atomic E-state index is 12.7. The fourth-order valence-electron chi connectivity index (χ4n) is 2.45. The molecule has 106 valence electrons. The summed E-state index contributed by atoms with van der Waals surface area (Å²) in [7, 11) is 0. The zero-order valence-corrected chi connectivity index (χ0v) is 11.6. The minimum Gasteiger partial charge on any atom is -0.349 e. The first kappa shape index (κ1) is 13.5. The molecule has 2 heterocycles. The lowest BCUT2D eigenvalue weighted by Crippen LogP contribution is -2.45. The first-order chi connectivity index (χ1) is 10.1. The molecule has 0 saturated heterocycles. The molecule has 1 atom stereocenters.